The zero-order valence-corrected chi connectivity index (χ0v) is 9.93. The number of piperazine rings is 1. The molecule has 0 radical (unpaired) electrons. The molecule has 0 spiro atoms. The van der Waals surface area contributed by atoms with E-state index in [0.29, 0.717) is 26.2 Å². The fourth-order valence-corrected chi connectivity index (χ4v) is 1.99. The molecule has 1 aromatic rings. The molecule has 0 atom stereocenters. The fraction of sp³-hybridized carbons (Fsp3) is 0.385. The maximum atomic E-state index is 12.2. The van der Waals surface area contributed by atoms with Crippen molar-refractivity contribution in [3.63, 3.8) is 0 Å². The van der Waals surface area contributed by atoms with Crippen LogP contribution in [0.2, 0.25) is 0 Å². The van der Waals surface area contributed by atoms with Crippen LogP contribution >= 0.6 is 0 Å². The normalized spacial score (nSPS) is 15.8. The van der Waals surface area contributed by atoms with Crippen LogP contribution in [0.1, 0.15) is 15.9 Å². The Bertz CT molecular complexity index is 423. The second kappa shape index (κ2) is 4.99. The Hall–Kier alpha value is -1.84. The van der Waals surface area contributed by atoms with Crippen LogP contribution in [0.15, 0.2) is 24.3 Å². The van der Waals surface area contributed by atoms with E-state index in [1.807, 2.05) is 31.2 Å². The number of amides is 2. The molecule has 0 aliphatic carbocycles. The smallest absolute Gasteiger partial charge is 0.253 e. The molecule has 17 heavy (non-hydrogen) atoms. The molecule has 0 N–H and O–H groups in total. The molecule has 0 saturated carbocycles. The standard InChI is InChI=1S/C13H16N2O2/c1-11-3-2-4-12(9-11)13(17)15-7-5-14(10-16)6-8-15/h2-4,9-10H,5-8H2,1H3. The van der Waals surface area contributed by atoms with Crippen molar-refractivity contribution in [2.45, 2.75) is 6.92 Å². The van der Waals surface area contributed by atoms with Crippen LogP contribution in [0.5, 0.6) is 0 Å². The highest BCUT2D eigenvalue weighted by Gasteiger charge is 2.20. The minimum atomic E-state index is 0.0549. The van der Waals surface area contributed by atoms with Gasteiger partial charge in [0.25, 0.3) is 5.91 Å². The van der Waals surface area contributed by atoms with E-state index in [4.69, 9.17) is 0 Å². The maximum Gasteiger partial charge on any atom is 0.253 e. The summed E-state index contributed by atoms with van der Waals surface area (Å²) in [5.41, 5.74) is 1.81. The van der Waals surface area contributed by atoms with E-state index in [0.717, 1.165) is 17.5 Å². The lowest BCUT2D eigenvalue weighted by Crippen LogP contribution is -2.48. The molecule has 1 aliphatic rings. The summed E-state index contributed by atoms with van der Waals surface area (Å²) in [5.74, 6) is 0.0549. The van der Waals surface area contributed by atoms with Gasteiger partial charge in [-0.05, 0) is 19.1 Å². The van der Waals surface area contributed by atoms with Crippen LogP contribution in [0.25, 0.3) is 0 Å². The second-order valence-corrected chi connectivity index (χ2v) is 4.30. The molecular formula is C13H16N2O2. The zero-order valence-electron chi connectivity index (χ0n) is 9.93. The molecule has 2 rings (SSSR count). The summed E-state index contributed by atoms with van der Waals surface area (Å²) in [6.45, 7) is 4.46. The van der Waals surface area contributed by atoms with Crippen molar-refractivity contribution < 1.29 is 9.59 Å². The van der Waals surface area contributed by atoms with E-state index in [-0.39, 0.29) is 5.91 Å². The van der Waals surface area contributed by atoms with Gasteiger partial charge in [-0.2, -0.15) is 0 Å². The maximum absolute atomic E-state index is 12.2. The topological polar surface area (TPSA) is 40.6 Å². The fourth-order valence-electron chi connectivity index (χ4n) is 1.99. The molecule has 4 heteroatoms. The summed E-state index contributed by atoms with van der Waals surface area (Å²) in [5, 5.41) is 0. The highest BCUT2D eigenvalue weighted by Crippen LogP contribution is 2.09. The van der Waals surface area contributed by atoms with Crippen LogP contribution in [0.3, 0.4) is 0 Å². The molecular weight excluding hydrogens is 216 g/mol. The van der Waals surface area contributed by atoms with Gasteiger partial charge >= 0.3 is 0 Å². The Balaban J connectivity index is 2.04. The van der Waals surface area contributed by atoms with Crippen molar-refractivity contribution in [1.82, 2.24) is 9.80 Å². The molecule has 1 aromatic carbocycles. The van der Waals surface area contributed by atoms with Crippen molar-refractivity contribution in [2.75, 3.05) is 26.2 Å². The lowest BCUT2D eigenvalue weighted by atomic mass is 10.1. The van der Waals surface area contributed by atoms with Crippen molar-refractivity contribution >= 4 is 12.3 Å². The average molecular weight is 232 g/mol. The van der Waals surface area contributed by atoms with E-state index < -0.39 is 0 Å². The quantitative estimate of drug-likeness (QED) is 0.711. The second-order valence-electron chi connectivity index (χ2n) is 4.30. The van der Waals surface area contributed by atoms with Crippen LogP contribution in [-0.2, 0) is 4.79 Å². The van der Waals surface area contributed by atoms with Gasteiger partial charge in [0.05, 0.1) is 0 Å². The monoisotopic (exact) mass is 232 g/mol. The lowest BCUT2D eigenvalue weighted by molar-refractivity contribution is -0.119. The van der Waals surface area contributed by atoms with Crippen molar-refractivity contribution in [1.29, 1.82) is 0 Å². The average Bonchev–Trinajstić information content (AvgIpc) is 2.38. The summed E-state index contributed by atoms with van der Waals surface area (Å²) in [4.78, 5) is 26.2. The Labute approximate surface area is 101 Å². The first-order valence-electron chi connectivity index (χ1n) is 5.76. The van der Waals surface area contributed by atoms with E-state index in [9.17, 15) is 9.59 Å². The Kier molecular flexibility index (Phi) is 3.42. The third-order valence-corrected chi connectivity index (χ3v) is 3.02. The van der Waals surface area contributed by atoms with Crippen molar-refractivity contribution in [3.05, 3.63) is 35.4 Å². The first kappa shape index (κ1) is 11.6. The van der Waals surface area contributed by atoms with Gasteiger partial charge in [-0.3, -0.25) is 9.59 Å². The van der Waals surface area contributed by atoms with Crippen LogP contribution in [-0.4, -0.2) is 48.3 Å². The van der Waals surface area contributed by atoms with Crippen LogP contribution in [0.4, 0.5) is 0 Å². The predicted octanol–water partition coefficient (Wildman–Crippen LogP) is 0.909. The number of hydrogen-bond acceptors (Lipinski definition) is 2. The molecule has 0 aromatic heterocycles. The third kappa shape index (κ3) is 2.64. The van der Waals surface area contributed by atoms with E-state index in [2.05, 4.69) is 0 Å². The van der Waals surface area contributed by atoms with Crippen molar-refractivity contribution in [3.8, 4) is 0 Å². The first-order chi connectivity index (χ1) is 8.20. The summed E-state index contributed by atoms with van der Waals surface area (Å²) in [7, 11) is 0. The predicted molar refractivity (Wildman–Crippen MR) is 64.7 cm³/mol. The number of aryl methyl sites for hydroxylation is 1. The molecule has 2 amide bonds. The lowest BCUT2D eigenvalue weighted by Gasteiger charge is -2.32. The number of carbonyl (C=O) groups excluding carboxylic acids is 2. The van der Waals surface area contributed by atoms with Gasteiger partial charge in [-0.1, -0.05) is 17.7 Å². The molecule has 1 heterocycles. The number of carbonyl (C=O) groups is 2. The van der Waals surface area contributed by atoms with Crippen LogP contribution in [0, 0.1) is 6.92 Å². The molecule has 4 nitrogen and oxygen atoms in total. The summed E-state index contributed by atoms with van der Waals surface area (Å²) in [6.07, 6.45) is 0.842. The van der Waals surface area contributed by atoms with Gasteiger partial charge in [-0.15, -0.1) is 0 Å². The summed E-state index contributed by atoms with van der Waals surface area (Å²) in [6, 6.07) is 7.60. The largest absolute Gasteiger partial charge is 0.342 e. The Morgan fingerprint density at radius 1 is 1.24 bits per heavy atom. The molecule has 1 saturated heterocycles. The van der Waals surface area contributed by atoms with Gasteiger partial charge < -0.3 is 9.80 Å². The number of rotatable bonds is 2. The minimum absolute atomic E-state index is 0.0549. The summed E-state index contributed by atoms with van der Waals surface area (Å²) >= 11 is 0. The Morgan fingerprint density at radius 3 is 2.53 bits per heavy atom. The van der Waals surface area contributed by atoms with Gasteiger partial charge in [0.1, 0.15) is 0 Å². The highest BCUT2D eigenvalue weighted by molar-refractivity contribution is 5.94. The first-order valence-corrected chi connectivity index (χ1v) is 5.76. The molecule has 0 unspecified atom stereocenters. The molecule has 90 valence electrons. The van der Waals surface area contributed by atoms with E-state index in [1.54, 1.807) is 9.80 Å². The number of nitrogens with zero attached hydrogens (tertiary/aromatic N) is 2. The van der Waals surface area contributed by atoms with E-state index in [1.165, 1.54) is 0 Å². The Morgan fingerprint density at radius 2 is 1.94 bits per heavy atom. The SMILES string of the molecule is Cc1cccc(C(=O)N2CCN(C=O)CC2)c1. The zero-order chi connectivity index (χ0) is 12.3. The number of hydrogen-bond donors (Lipinski definition) is 0. The number of benzene rings is 1. The molecule has 1 aliphatic heterocycles. The van der Waals surface area contributed by atoms with Gasteiger partial charge in [-0.25, -0.2) is 0 Å². The minimum Gasteiger partial charge on any atom is -0.342 e. The van der Waals surface area contributed by atoms with Crippen molar-refractivity contribution in [2.24, 2.45) is 0 Å². The van der Waals surface area contributed by atoms with Gasteiger partial charge in [0.15, 0.2) is 0 Å². The third-order valence-electron chi connectivity index (χ3n) is 3.02. The highest BCUT2D eigenvalue weighted by atomic mass is 16.2. The van der Waals surface area contributed by atoms with Gasteiger partial charge in [0, 0.05) is 31.7 Å². The summed E-state index contributed by atoms with van der Waals surface area (Å²) < 4.78 is 0. The van der Waals surface area contributed by atoms with E-state index >= 15 is 0 Å². The van der Waals surface area contributed by atoms with Gasteiger partial charge in [0.2, 0.25) is 6.41 Å². The van der Waals surface area contributed by atoms with Crippen LogP contribution < -0.4 is 0 Å². The molecule has 0 bridgehead atoms. The molecule has 1 fully saturated rings.